The second-order valence-electron chi connectivity index (χ2n) is 5.66. The summed E-state index contributed by atoms with van der Waals surface area (Å²) in [6, 6.07) is 26.9. The number of hydrogen-bond acceptors (Lipinski definition) is 2. The van der Waals surface area contributed by atoms with Gasteiger partial charge in [0.15, 0.2) is 0 Å². The van der Waals surface area contributed by atoms with Gasteiger partial charge in [0.25, 0.3) is 0 Å². The van der Waals surface area contributed by atoms with Crippen molar-refractivity contribution in [2.24, 2.45) is 0 Å². The maximum absolute atomic E-state index is 9.45. The Labute approximate surface area is 161 Å². The van der Waals surface area contributed by atoms with Crippen LogP contribution in [0.5, 0.6) is 0 Å². The topological polar surface area (TPSA) is 23.8 Å². The van der Waals surface area contributed by atoms with Gasteiger partial charge in [-0.3, -0.25) is 0 Å². The van der Waals surface area contributed by atoms with E-state index in [1.807, 2.05) is 42.5 Å². The van der Waals surface area contributed by atoms with E-state index < -0.39 is 0 Å². The fourth-order valence-corrected chi connectivity index (χ4v) is 3.43. The molecule has 0 amide bonds. The molecule has 0 saturated carbocycles. The summed E-state index contributed by atoms with van der Waals surface area (Å²) in [6.45, 7) is 2.09. The summed E-state index contributed by atoms with van der Waals surface area (Å²) in [7, 11) is 0. The van der Waals surface area contributed by atoms with E-state index in [1.165, 1.54) is 15.4 Å². The normalized spacial score (nSPS) is 11.2. The maximum Gasteiger partial charge on any atom is 0.0998 e. The molecular formula is C22H16BrNS. The SMILES string of the molecule is Cc1ccc(Sc2ccc(/C=C(/C#N)c3ccc(Br)cc3)cc2)cc1. The van der Waals surface area contributed by atoms with Gasteiger partial charge in [0, 0.05) is 14.3 Å². The van der Waals surface area contributed by atoms with Crippen molar-refractivity contribution in [3.8, 4) is 6.07 Å². The largest absolute Gasteiger partial charge is 0.192 e. The molecular weight excluding hydrogens is 390 g/mol. The van der Waals surface area contributed by atoms with Crippen molar-refractivity contribution in [2.75, 3.05) is 0 Å². The minimum atomic E-state index is 0.659. The zero-order chi connectivity index (χ0) is 17.6. The van der Waals surface area contributed by atoms with E-state index in [4.69, 9.17) is 0 Å². The number of benzene rings is 3. The van der Waals surface area contributed by atoms with Crippen LogP contribution in [-0.2, 0) is 0 Å². The molecule has 0 unspecified atom stereocenters. The molecule has 0 bridgehead atoms. The molecule has 0 aliphatic carbocycles. The van der Waals surface area contributed by atoms with E-state index in [2.05, 4.69) is 65.3 Å². The lowest BCUT2D eigenvalue weighted by molar-refractivity contribution is 1.36. The highest BCUT2D eigenvalue weighted by Crippen LogP contribution is 2.28. The Hall–Kier alpha value is -2.28. The predicted octanol–water partition coefficient (Wildman–Crippen LogP) is 6.97. The van der Waals surface area contributed by atoms with Gasteiger partial charge in [-0.25, -0.2) is 0 Å². The summed E-state index contributed by atoms with van der Waals surface area (Å²) < 4.78 is 1.01. The number of allylic oxidation sites excluding steroid dienone is 1. The second kappa shape index (κ2) is 8.20. The van der Waals surface area contributed by atoms with Crippen LogP contribution in [0.4, 0.5) is 0 Å². The molecule has 0 atom stereocenters. The molecule has 0 heterocycles. The van der Waals surface area contributed by atoms with Gasteiger partial charge in [0.05, 0.1) is 11.6 Å². The van der Waals surface area contributed by atoms with Crippen LogP contribution >= 0.6 is 27.7 Å². The molecule has 0 aliphatic heterocycles. The second-order valence-corrected chi connectivity index (χ2v) is 7.72. The number of aryl methyl sites for hydroxylation is 1. The Balaban J connectivity index is 1.78. The van der Waals surface area contributed by atoms with Gasteiger partial charge in [-0.2, -0.15) is 5.26 Å². The zero-order valence-corrected chi connectivity index (χ0v) is 16.1. The number of halogens is 1. The van der Waals surface area contributed by atoms with Crippen molar-refractivity contribution in [1.29, 1.82) is 5.26 Å². The van der Waals surface area contributed by atoms with Crippen molar-refractivity contribution >= 4 is 39.3 Å². The van der Waals surface area contributed by atoms with E-state index in [0.717, 1.165) is 15.6 Å². The smallest absolute Gasteiger partial charge is 0.0998 e. The molecule has 0 aromatic heterocycles. The van der Waals surface area contributed by atoms with Gasteiger partial charge in [0.1, 0.15) is 0 Å². The van der Waals surface area contributed by atoms with Crippen LogP contribution < -0.4 is 0 Å². The monoisotopic (exact) mass is 405 g/mol. The molecule has 3 heteroatoms. The summed E-state index contributed by atoms with van der Waals surface area (Å²) in [5, 5.41) is 9.45. The van der Waals surface area contributed by atoms with E-state index >= 15 is 0 Å². The first-order chi connectivity index (χ1) is 12.1. The van der Waals surface area contributed by atoms with Gasteiger partial charge < -0.3 is 0 Å². The van der Waals surface area contributed by atoms with Crippen molar-refractivity contribution in [1.82, 2.24) is 0 Å². The minimum absolute atomic E-state index is 0.659. The van der Waals surface area contributed by atoms with Crippen molar-refractivity contribution in [2.45, 2.75) is 16.7 Å². The Morgan fingerprint density at radius 2 is 1.44 bits per heavy atom. The van der Waals surface area contributed by atoms with E-state index in [-0.39, 0.29) is 0 Å². The van der Waals surface area contributed by atoms with E-state index in [0.29, 0.717) is 5.57 Å². The van der Waals surface area contributed by atoms with Gasteiger partial charge in [-0.1, -0.05) is 69.7 Å². The first kappa shape index (κ1) is 17.5. The number of rotatable bonds is 4. The Morgan fingerprint density at radius 3 is 2.00 bits per heavy atom. The van der Waals surface area contributed by atoms with Crippen LogP contribution in [0.15, 0.2) is 87.1 Å². The van der Waals surface area contributed by atoms with Crippen LogP contribution in [0.1, 0.15) is 16.7 Å². The number of nitriles is 1. The first-order valence-corrected chi connectivity index (χ1v) is 9.47. The van der Waals surface area contributed by atoms with Gasteiger partial charge in [-0.05, 0) is 60.5 Å². The van der Waals surface area contributed by atoms with Crippen molar-refractivity contribution in [3.05, 3.63) is 94.0 Å². The van der Waals surface area contributed by atoms with E-state index in [9.17, 15) is 5.26 Å². The van der Waals surface area contributed by atoms with Crippen LogP contribution in [-0.4, -0.2) is 0 Å². The van der Waals surface area contributed by atoms with Crippen LogP contribution in [0.3, 0.4) is 0 Å². The molecule has 25 heavy (non-hydrogen) atoms. The molecule has 0 N–H and O–H groups in total. The average Bonchev–Trinajstić information content (AvgIpc) is 2.64. The molecule has 0 aliphatic rings. The third-order valence-electron chi connectivity index (χ3n) is 3.72. The molecule has 0 fully saturated rings. The lowest BCUT2D eigenvalue weighted by atomic mass is 10.0. The number of nitrogens with zero attached hydrogens (tertiary/aromatic N) is 1. The van der Waals surface area contributed by atoms with Gasteiger partial charge in [0.2, 0.25) is 0 Å². The van der Waals surface area contributed by atoms with E-state index in [1.54, 1.807) is 11.8 Å². The average molecular weight is 406 g/mol. The third kappa shape index (κ3) is 4.85. The molecule has 0 radical (unpaired) electrons. The molecule has 0 spiro atoms. The summed E-state index contributed by atoms with van der Waals surface area (Å²) in [5.74, 6) is 0. The highest BCUT2D eigenvalue weighted by atomic mass is 79.9. The summed E-state index contributed by atoms with van der Waals surface area (Å²) >= 11 is 5.15. The molecule has 0 saturated heterocycles. The lowest BCUT2D eigenvalue weighted by Gasteiger charge is -2.04. The minimum Gasteiger partial charge on any atom is -0.192 e. The predicted molar refractivity (Wildman–Crippen MR) is 109 cm³/mol. The molecule has 3 rings (SSSR count). The fourth-order valence-electron chi connectivity index (χ4n) is 2.35. The highest BCUT2D eigenvalue weighted by Gasteiger charge is 2.02. The zero-order valence-electron chi connectivity index (χ0n) is 13.7. The van der Waals surface area contributed by atoms with Gasteiger partial charge in [-0.15, -0.1) is 0 Å². The quantitative estimate of drug-likeness (QED) is 0.345. The van der Waals surface area contributed by atoms with Crippen LogP contribution in [0.25, 0.3) is 11.6 Å². The summed E-state index contributed by atoms with van der Waals surface area (Å²) in [5.41, 5.74) is 3.87. The molecule has 1 nitrogen and oxygen atoms in total. The molecule has 122 valence electrons. The third-order valence-corrected chi connectivity index (χ3v) is 5.27. The maximum atomic E-state index is 9.45. The standard InChI is InChI=1S/C22H16BrNS/c1-16-2-10-21(11-3-16)25-22-12-4-17(5-13-22)14-19(15-24)18-6-8-20(23)9-7-18/h2-14H,1H3/b19-14-. The Bertz CT molecular complexity index is 918. The molecule has 3 aromatic carbocycles. The molecule has 3 aromatic rings. The van der Waals surface area contributed by atoms with Crippen LogP contribution in [0.2, 0.25) is 0 Å². The number of hydrogen-bond donors (Lipinski definition) is 0. The highest BCUT2D eigenvalue weighted by molar-refractivity contribution is 9.10. The fraction of sp³-hybridized carbons (Fsp3) is 0.0455. The summed E-state index contributed by atoms with van der Waals surface area (Å²) in [6.07, 6.45) is 1.92. The lowest BCUT2D eigenvalue weighted by Crippen LogP contribution is -1.82. The summed E-state index contributed by atoms with van der Waals surface area (Å²) in [4.78, 5) is 2.41. The van der Waals surface area contributed by atoms with Crippen molar-refractivity contribution < 1.29 is 0 Å². The Kier molecular flexibility index (Phi) is 5.75. The van der Waals surface area contributed by atoms with Gasteiger partial charge >= 0.3 is 0 Å². The Morgan fingerprint density at radius 1 is 0.880 bits per heavy atom. The van der Waals surface area contributed by atoms with Crippen molar-refractivity contribution in [3.63, 3.8) is 0 Å². The first-order valence-electron chi connectivity index (χ1n) is 7.86. The van der Waals surface area contributed by atoms with Crippen LogP contribution in [0, 0.1) is 18.3 Å².